The van der Waals surface area contributed by atoms with Crippen LogP contribution in [0.4, 0.5) is 5.69 Å². The summed E-state index contributed by atoms with van der Waals surface area (Å²) in [5.74, 6) is 0.179. The minimum absolute atomic E-state index is 0.179. The maximum absolute atomic E-state index is 13.0. The van der Waals surface area contributed by atoms with Gasteiger partial charge < -0.3 is 10.2 Å². The number of fused-ring (bicyclic) bond motifs is 2. The molecule has 1 aromatic carbocycles. The molecule has 2 aliphatic rings. The summed E-state index contributed by atoms with van der Waals surface area (Å²) in [4.78, 5) is 16.5. The molecule has 4 heteroatoms. The molecule has 1 unspecified atom stereocenters. The van der Waals surface area contributed by atoms with Crippen LogP contribution in [0.15, 0.2) is 29.6 Å². The van der Waals surface area contributed by atoms with E-state index in [9.17, 15) is 4.79 Å². The first-order chi connectivity index (χ1) is 10.8. The zero-order chi connectivity index (χ0) is 15.1. The molecule has 4 rings (SSSR count). The summed E-state index contributed by atoms with van der Waals surface area (Å²) in [6, 6.07) is 8.52. The van der Waals surface area contributed by atoms with Gasteiger partial charge in [0, 0.05) is 29.2 Å². The van der Waals surface area contributed by atoms with Crippen molar-refractivity contribution in [1.82, 2.24) is 4.90 Å². The molecule has 0 bridgehead atoms. The molecule has 2 aliphatic heterocycles. The first kappa shape index (κ1) is 13.8. The van der Waals surface area contributed by atoms with Crippen LogP contribution < -0.4 is 5.32 Å². The van der Waals surface area contributed by atoms with E-state index in [1.807, 2.05) is 17.4 Å². The van der Waals surface area contributed by atoms with Crippen molar-refractivity contribution in [2.24, 2.45) is 0 Å². The smallest absolute Gasteiger partial charge is 0.254 e. The molecule has 0 saturated carbocycles. The van der Waals surface area contributed by atoms with Gasteiger partial charge in [0.05, 0.1) is 6.04 Å². The summed E-state index contributed by atoms with van der Waals surface area (Å²) in [5, 5.41) is 5.51. The predicted octanol–water partition coefficient (Wildman–Crippen LogP) is 3.87. The normalized spacial score (nSPS) is 19.5. The van der Waals surface area contributed by atoms with E-state index in [2.05, 4.69) is 40.7 Å². The Labute approximate surface area is 135 Å². The van der Waals surface area contributed by atoms with Crippen LogP contribution in [-0.2, 0) is 12.8 Å². The third-order valence-electron chi connectivity index (χ3n) is 4.80. The highest BCUT2D eigenvalue weighted by molar-refractivity contribution is 7.10. The minimum Gasteiger partial charge on any atom is -0.384 e. The molecule has 0 saturated heterocycles. The molecule has 114 valence electrons. The third-order valence-corrected chi connectivity index (χ3v) is 5.80. The molecule has 3 heterocycles. The molecular formula is C18H20N2OS. The van der Waals surface area contributed by atoms with E-state index in [4.69, 9.17) is 0 Å². The quantitative estimate of drug-likeness (QED) is 0.913. The van der Waals surface area contributed by atoms with Crippen molar-refractivity contribution in [3.05, 3.63) is 51.2 Å². The van der Waals surface area contributed by atoms with Crippen molar-refractivity contribution in [2.75, 3.05) is 18.4 Å². The molecule has 1 amide bonds. The number of hydrogen-bond acceptors (Lipinski definition) is 3. The molecule has 0 radical (unpaired) electrons. The third kappa shape index (κ3) is 2.13. The maximum atomic E-state index is 13.0. The highest BCUT2D eigenvalue weighted by Gasteiger charge is 2.31. The van der Waals surface area contributed by atoms with Crippen LogP contribution in [0.25, 0.3) is 0 Å². The first-order valence-corrected chi connectivity index (χ1v) is 8.90. The van der Waals surface area contributed by atoms with Gasteiger partial charge >= 0.3 is 0 Å². The topological polar surface area (TPSA) is 32.3 Å². The Balaban J connectivity index is 1.65. The molecule has 0 aliphatic carbocycles. The lowest BCUT2D eigenvalue weighted by Gasteiger charge is -2.35. The highest BCUT2D eigenvalue weighted by atomic mass is 32.1. The van der Waals surface area contributed by atoms with Gasteiger partial charge in [0.2, 0.25) is 0 Å². The number of thiophene rings is 1. The second kappa shape index (κ2) is 5.43. The fraction of sp³-hybridized carbons (Fsp3) is 0.389. The summed E-state index contributed by atoms with van der Waals surface area (Å²) < 4.78 is 0. The van der Waals surface area contributed by atoms with Gasteiger partial charge in [-0.1, -0.05) is 6.92 Å². The number of anilines is 1. The molecule has 22 heavy (non-hydrogen) atoms. The monoisotopic (exact) mass is 312 g/mol. The highest BCUT2D eigenvalue weighted by Crippen LogP contribution is 2.36. The van der Waals surface area contributed by atoms with Crippen LogP contribution in [0.3, 0.4) is 0 Å². The Morgan fingerprint density at radius 1 is 1.36 bits per heavy atom. The van der Waals surface area contributed by atoms with Gasteiger partial charge in [-0.15, -0.1) is 11.3 Å². The van der Waals surface area contributed by atoms with Gasteiger partial charge in [-0.3, -0.25) is 4.79 Å². The number of nitrogens with one attached hydrogen (secondary N) is 1. The molecule has 0 fully saturated rings. The fourth-order valence-electron chi connectivity index (χ4n) is 3.68. The molecule has 1 N–H and O–H groups in total. The number of benzene rings is 1. The van der Waals surface area contributed by atoms with Crippen LogP contribution in [0.2, 0.25) is 0 Å². The van der Waals surface area contributed by atoms with E-state index in [0.717, 1.165) is 37.9 Å². The van der Waals surface area contributed by atoms with Crippen molar-refractivity contribution < 1.29 is 4.79 Å². The second-order valence-electron chi connectivity index (χ2n) is 6.02. The van der Waals surface area contributed by atoms with Crippen LogP contribution in [0, 0.1) is 0 Å². The minimum atomic E-state index is 0.179. The molecular weight excluding hydrogens is 292 g/mol. The molecule has 1 aromatic heterocycles. The van der Waals surface area contributed by atoms with Crippen molar-refractivity contribution in [3.8, 4) is 0 Å². The summed E-state index contributed by atoms with van der Waals surface area (Å²) in [6.45, 7) is 3.98. The fourth-order valence-corrected chi connectivity index (χ4v) is 4.61. The summed E-state index contributed by atoms with van der Waals surface area (Å²) in [7, 11) is 0. The largest absolute Gasteiger partial charge is 0.384 e. The lowest BCUT2D eigenvalue weighted by Crippen LogP contribution is -2.39. The van der Waals surface area contributed by atoms with E-state index in [0.29, 0.717) is 0 Å². The lowest BCUT2D eigenvalue weighted by molar-refractivity contribution is 0.0657. The number of nitrogens with zero attached hydrogens (tertiary/aromatic N) is 1. The van der Waals surface area contributed by atoms with Gasteiger partial charge in [-0.25, -0.2) is 0 Å². The van der Waals surface area contributed by atoms with E-state index < -0.39 is 0 Å². The van der Waals surface area contributed by atoms with Gasteiger partial charge in [-0.2, -0.15) is 0 Å². The average Bonchev–Trinajstić information content (AvgIpc) is 3.20. The van der Waals surface area contributed by atoms with Crippen LogP contribution >= 0.6 is 11.3 Å². The van der Waals surface area contributed by atoms with E-state index >= 15 is 0 Å². The van der Waals surface area contributed by atoms with E-state index in [1.165, 1.54) is 21.7 Å². The molecule has 0 spiro atoms. The van der Waals surface area contributed by atoms with Gasteiger partial charge in [0.25, 0.3) is 5.91 Å². The van der Waals surface area contributed by atoms with Crippen LogP contribution in [0.5, 0.6) is 0 Å². The van der Waals surface area contributed by atoms with Crippen molar-refractivity contribution >= 4 is 22.9 Å². The van der Waals surface area contributed by atoms with Crippen molar-refractivity contribution in [2.45, 2.75) is 32.2 Å². The Kier molecular flexibility index (Phi) is 3.41. The number of amides is 1. The van der Waals surface area contributed by atoms with E-state index in [1.54, 1.807) is 0 Å². The number of carbonyl (C=O) groups is 1. The van der Waals surface area contributed by atoms with E-state index in [-0.39, 0.29) is 11.9 Å². The number of carbonyl (C=O) groups excluding carboxylic acids is 1. The average molecular weight is 312 g/mol. The maximum Gasteiger partial charge on any atom is 0.254 e. The van der Waals surface area contributed by atoms with Gasteiger partial charge in [0.1, 0.15) is 0 Å². The Morgan fingerprint density at radius 2 is 2.27 bits per heavy atom. The van der Waals surface area contributed by atoms with Crippen LogP contribution in [-0.4, -0.2) is 23.9 Å². The summed E-state index contributed by atoms with van der Waals surface area (Å²) in [6.07, 6.45) is 2.98. The van der Waals surface area contributed by atoms with Crippen molar-refractivity contribution in [3.63, 3.8) is 0 Å². The van der Waals surface area contributed by atoms with Crippen LogP contribution in [0.1, 0.15) is 45.7 Å². The number of hydrogen-bond donors (Lipinski definition) is 1. The second-order valence-corrected chi connectivity index (χ2v) is 7.02. The predicted molar refractivity (Wildman–Crippen MR) is 90.7 cm³/mol. The SMILES string of the molecule is CCC1c2ccsc2CCN1C(=O)c1ccc2c(c1)CCN2. The standard InChI is InChI=1S/C18H20N2OS/c1-2-16-14-7-10-22-17(14)6-9-20(16)18(21)13-3-4-15-12(11-13)5-8-19-15/h3-4,7,10-11,16,19H,2,5-6,8-9H2,1H3. The molecule has 2 aromatic rings. The number of rotatable bonds is 2. The Hall–Kier alpha value is -1.81. The van der Waals surface area contributed by atoms with Crippen molar-refractivity contribution in [1.29, 1.82) is 0 Å². The zero-order valence-electron chi connectivity index (χ0n) is 12.8. The Bertz CT molecular complexity index is 722. The molecule has 3 nitrogen and oxygen atoms in total. The first-order valence-electron chi connectivity index (χ1n) is 8.02. The molecule has 1 atom stereocenters. The van der Waals surface area contributed by atoms with Gasteiger partial charge in [-0.05, 0) is 60.0 Å². The lowest BCUT2D eigenvalue weighted by atomic mass is 9.96. The summed E-state index contributed by atoms with van der Waals surface area (Å²) >= 11 is 1.82. The zero-order valence-corrected chi connectivity index (χ0v) is 13.6. The Morgan fingerprint density at radius 3 is 3.14 bits per heavy atom. The summed E-state index contributed by atoms with van der Waals surface area (Å²) in [5.41, 5.74) is 4.64. The van der Waals surface area contributed by atoms with Gasteiger partial charge in [0.15, 0.2) is 0 Å².